The monoisotopic (exact) mass is 385 g/mol. The fraction of sp³-hybridized carbons (Fsp3) is 0.174. The number of likely N-dealkylation sites (tertiary alicyclic amines) is 1. The molecule has 2 aromatic heterocycles. The number of nitrogens with one attached hydrogen (secondary N) is 1. The Hall–Kier alpha value is -3.67. The average Bonchev–Trinajstić information content (AvgIpc) is 3.05. The number of ketones is 1. The van der Waals surface area contributed by atoms with E-state index in [4.69, 9.17) is 4.74 Å². The maximum absolute atomic E-state index is 12.8. The van der Waals surface area contributed by atoms with E-state index in [2.05, 4.69) is 9.97 Å². The van der Waals surface area contributed by atoms with Gasteiger partial charge in [0, 0.05) is 28.0 Å². The summed E-state index contributed by atoms with van der Waals surface area (Å²) in [5.74, 6) is -0.453. The zero-order valence-electron chi connectivity index (χ0n) is 15.9. The van der Waals surface area contributed by atoms with Gasteiger partial charge in [-0.2, -0.15) is 0 Å². The molecule has 1 N–H and O–H groups in total. The van der Waals surface area contributed by atoms with Crippen molar-refractivity contribution in [1.29, 1.82) is 0 Å². The van der Waals surface area contributed by atoms with Crippen molar-refractivity contribution in [1.82, 2.24) is 14.9 Å². The first-order valence-electron chi connectivity index (χ1n) is 9.53. The Kier molecular flexibility index (Phi) is 4.05. The number of Topliss-reactive ketones (excluding diaryl/α,β-unsaturated/α-hetero) is 1. The van der Waals surface area contributed by atoms with Gasteiger partial charge in [0.2, 0.25) is 5.88 Å². The number of carbonyl (C=O) groups is 2. The van der Waals surface area contributed by atoms with E-state index in [-0.39, 0.29) is 6.10 Å². The summed E-state index contributed by atoms with van der Waals surface area (Å²) in [6.45, 7) is 2.56. The summed E-state index contributed by atoms with van der Waals surface area (Å²) >= 11 is 0. The number of ether oxygens (including phenoxy) is 1. The van der Waals surface area contributed by atoms with Crippen LogP contribution in [0.1, 0.15) is 16.1 Å². The van der Waals surface area contributed by atoms with E-state index in [1.54, 1.807) is 0 Å². The van der Waals surface area contributed by atoms with Crippen LogP contribution in [0, 0.1) is 6.92 Å². The summed E-state index contributed by atoms with van der Waals surface area (Å²) in [7, 11) is 0. The highest BCUT2D eigenvalue weighted by atomic mass is 16.5. The van der Waals surface area contributed by atoms with Crippen LogP contribution in [0.2, 0.25) is 0 Å². The zero-order valence-corrected chi connectivity index (χ0v) is 15.9. The normalized spacial score (nSPS) is 14.2. The molecule has 0 spiro atoms. The number of pyridine rings is 1. The number of fused-ring (bicyclic) bond motifs is 2. The molecule has 0 aliphatic carbocycles. The van der Waals surface area contributed by atoms with Crippen molar-refractivity contribution >= 4 is 33.5 Å². The van der Waals surface area contributed by atoms with Crippen molar-refractivity contribution in [3.05, 3.63) is 71.9 Å². The molecule has 0 atom stereocenters. The van der Waals surface area contributed by atoms with Crippen molar-refractivity contribution in [2.75, 3.05) is 13.1 Å². The Balaban J connectivity index is 1.27. The molecule has 144 valence electrons. The summed E-state index contributed by atoms with van der Waals surface area (Å²) in [5, 5.41) is 1.82. The molecule has 4 aromatic rings. The van der Waals surface area contributed by atoms with Crippen LogP contribution >= 0.6 is 0 Å². The highest BCUT2D eigenvalue weighted by Gasteiger charge is 2.37. The molecule has 6 nitrogen and oxygen atoms in total. The fourth-order valence-corrected chi connectivity index (χ4v) is 3.78. The molecule has 2 aromatic carbocycles. The minimum absolute atomic E-state index is 0.163. The van der Waals surface area contributed by atoms with Gasteiger partial charge >= 0.3 is 0 Å². The number of amides is 1. The molecule has 1 fully saturated rings. The smallest absolute Gasteiger partial charge is 0.295 e. The topological polar surface area (TPSA) is 75.3 Å². The number of aromatic amines is 1. The largest absolute Gasteiger partial charge is 0.471 e. The lowest BCUT2D eigenvalue weighted by atomic mass is 10.0. The van der Waals surface area contributed by atoms with Crippen LogP contribution in [0.4, 0.5) is 0 Å². The minimum atomic E-state index is -0.496. The van der Waals surface area contributed by atoms with Crippen LogP contribution in [0.15, 0.2) is 60.7 Å². The lowest BCUT2D eigenvalue weighted by molar-refractivity contribution is -0.134. The highest BCUT2D eigenvalue weighted by Crippen LogP contribution is 2.25. The number of carbonyl (C=O) groups excluding carboxylic acids is 2. The van der Waals surface area contributed by atoms with Crippen LogP contribution in [0.3, 0.4) is 0 Å². The van der Waals surface area contributed by atoms with Gasteiger partial charge in [-0.1, -0.05) is 36.4 Å². The van der Waals surface area contributed by atoms with Crippen molar-refractivity contribution in [3.8, 4) is 5.88 Å². The molecule has 0 saturated carbocycles. The first kappa shape index (κ1) is 17.4. The van der Waals surface area contributed by atoms with Gasteiger partial charge in [0.15, 0.2) is 0 Å². The number of aryl methyl sites for hydroxylation is 1. The molecule has 1 saturated heterocycles. The second-order valence-electron chi connectivity index (χ2n) is 7.29. The standard InChI is InChI=1S/C23H19N3O3/c1-14-21(17-7-3-5-9-19(17)24-14)22(27)23(28)26-12-16(13-26)29-20-11-10-15-6-2-4-8-18(15)25-20/h2-11,16,24H,12-13H2,1H3. The van der Waals surface area contributed by atoms with Crippen LogP contribution in [-0.4, -0.2) is 45.8 Å². The number of aromatic nitrogens is 2. The van der Waals surface area contributed by atoms with Crippen LogP contribution in [-0.2, 0) is 4.79 Å². The van der Waals surface area contributed by atoms with E-state index in [0.29, 0.717) is 30.2 Å². The van der Waals surface area contributed by atoms with E-state index in [9.17, 15) is 9.59 Å². The first-order valence-corrected chi connectivity index (χ1v) is 9.53. The number of hydrogen-bond acceptors (Lipinski definition) is 4. The van der Waals surface area contributed by atoms with Gasteiger partial charge in [0.1, 0.15) is 6.10 Å². The Morgan fingerprint density at radius 2 is 1.79 bits per heavy atom. The van der Waals surface area contributed by atoms with Gasteiger partial charge in [-0.15, -0.1) is 0 Å². The van der Waals surface area contributed by atoms with Crippen molar-refractivity contribution in [3.63, 3.8) is 0 Å². The highest BCUT2D eigenvalue weighted by molar-refractivity contribution is 6.45. The van der Waals surface area contributed by atoms with Crippen LogP contribution in [0.25, 0.3) is 21.8 Å². The van der Waals surface area contributed by atoms with E-state index in [1.807, 2.05) is 67.6 Å². The van der Waals surface area contributed by atoms with Gasteiger partial charge in [-0.3, -0.25) is 9.59 Å². The molecule has 1 aliphatic heterocycles. The van der Waals surface area contributed by atoms with E-state index >= 15 is 0 Å². The molecular formula is C23H19N3O3. The number of hydrogen-bond donors (Lipinski definition) is 1. The van der Waals surface area contributed by atoms with Crippen molar-refractivity contribution in [2.24, 2.45) is 0 Å². The molecule has 0 bridgehead atoms. The first-order chi connectivity index (χ1) is 14.1. The maximum atomic E-state index is 12.8. The molecule has 0 radical (unpaired) electrons. The lowest BCUT2D eigenvalue weighted by Gasteiger charge is -2.38. The van der Waals surface area contributed by atoms with Gasteiger partial charge in [-0.25, -0.2) is 4.98 Å². The van der Waals surface area contributed by atoms with E-state index in [0.717, 1.165) is 21.8 Å². The van der Waals surface area contributed by atoms with E-state index in [1.165, 1.54) is 4.90 Å². The molecule has 1 amide bonds. The molecular weight excluding hydrogens is 366 g/mol. The number of nitrogens with zero attached hydrogens (tertiary/aromatic N) is 2. The summed E-state index contributed by atoms with van der Waals surface area (Å²) < 4.78 is 5.88. The molecule has 6 heteroatoms. The number of benzene rings is 2. The van der Waals surface area contributed by atoms with Gasteiger partial charge in [0.25, 0.3) is 11.7 Å². The lowest BCUT2D eigenvalue weighted by Crippen LogP contribution is -2.58. The Bertz CT molecular complexity index is 1250. The van der Waals surface area contributed by atoms with Crippen LogP contribution in [0.5, 0.6) is 5.88 Å². The predicted molar refractivity (Wildman–Crippen MR) is 110 cm³/mol. The number of para-hydroxylation sites is 2. The Morgan fingerprint density at radius 1 is 1.03 bits per heavy atom. The molecule has 5 rings (SSSR count). The van der Waals surface area contributed by atoms with Crippen LogP contribution < -0.4 is 4.74 Å². The van der Waals surface area contributed by atoms with Crippen molar-refractivity contribution in [2.45, 2.75) is 13.0 Å². The molecule has 29 heavy (non-hydrogen) atoms. The summed E-state index contributed by atoms with van der Waals surface area (Å²) in [6.07, 6.45) is -0.163. The quantitative estimate of drug-likeness (QED) is 0.431. The maximum Gasteiger partial charge on any atom is 0.295 e. The predicted octanol–water partition coefficient (Wildman–Crippen LogP) is 3.50. The SMILES string of the molecule is Cc1[nH]c2ccccc2c1C(=O)C(=O)N1CC(Oc2ccc3ccccc3n2)C1. The fourth-order valence-electron chi connectivity index (χ4n) is 3.78. The third-order valence-electron chi connectivity index (χ3n) is 5.31. The molecule has 1 aliphatic rings. The Morgan fingerprint density at radius 3 is 2.66 bits per heavy atom. The second kappa shape index (κ2) is 6.74. The zero-order chi connectivity index (χ0) is 20.0. The minimum Gasteiger partial charge on any atom is -0.471 e. The van der Waals surface area contributed by atoms with Gasteiger partial charge in [-0.05, 0) is 25.1 Å². The van der Waals surface area contributed by atoms with Gasteiger partial charge in [0.05, 0.1) is 24.2 Å². The Labute approximate surface area is 167 Å². The summed E-state index contributed by atoms with van der Waals surface area (Å²) in [6, 6.07) is 19.1. The third-order valence-corrected chi connectivity index (χ3v) is 5.31. The molecule has 3 heterocycles. The van der Waals surface area contributed by atoms with Gasteiger partial charge < -0.3 is 14.6 Å². The van der Waals surface area contributed by atoms with Crippen molar-refractivity contribution < 1.29 is 14.3 Å². The summed E-state index contributed by atoms with van der Waals surface area (Å²) in [4.78, 5) is 34.7. The molecule has 0 unspecified atom stereocenters. The second-order valence-corrected chi connectivity index (χ2v) is 7.29. The number of H-pyrrole nitrogens is 1. The number of rotatable bonds is 4. The average molecular weight is 385 g/mol. The summed E-state index contributed by atoms with van der Waals surface area (Å²) in [5.41, 5.74) is 2.87. The van der Waals surface area contributed by atoms with E-state index < -0.39 is 11.7 Å². The third kappa shape index (κ3) is 3.02.